The van der Waals surface area contributed by atoms with Gasteiger partial charge in [-0.25, -0.2) is 4.39 Å². The van der Waals surface area contributed by atoms with Gasteiger partial charge in [0.15, 0.2) is 10.9 Å². The number of Topliss-reactive ketones (excluding diaryl/α,β-unsaturated/α-hetero) is 1. The Morgan fingerprint density at radius 1 is 1.03 bits per heavy atom. The van der Waals surface area contributed by atoms with Crippen molar-refractivity contribution in [3.8, 4) is 5.69 Å². The lowest BCUT2D eigenvalue weighted by Crippen LogP contribution is -2.37. The van der Waals surface area contributed by atoms with E-state index in [2.05, 4.69) is 21.2 Å². The molecule has 2 aliphatic rings. The van der Waals surface area contributed by atoms with Crippen molar-refractivity contribution in [1.29, 1.82) is 0 Å². The molecular weight excluding hydrogens is 427 g/mol. The van der Waals surface area contributed by atoms with Crippen molar-refractivity contribution < 1.29 is 13.9 Å². The van der Waals surface area contributed by atoms with Crippen LogP contribution in [0.5, 0.6) is 0 Å². The summed E-state index contributed by atoms with van der Waals surface area (Å²) in [6, 6.07) is 12.4. The van der Waals surface area contributed by atoms with Gasteiger partial charge in [-0.1, -0.05) is 30.0 Å². The lowest BCUT2D eigenvalue weighted by atomic mass is 9.90. The monoisotopic (exact) mass is 452 g/mol. The lowest BCUT2D eigenvalue weighted by molar-refractivity contribution is 0.102. The van der Waals surface area contributed by atoms with Crippen LogP contribution in [0.1, 0.15) is 34.3 Å². The molecule has 0 atom stereocenters. The number of rotatable bonds is 6. The van der Waals surface area contributed by atoms with E-state index in [1.165, 1.54) is 47.9 Å². The van der Waals surface area contributed by atoms with Crippen molar-refractivity contribution in [3.05, 3.63) is 65.0 Å². The van der Waals surface area contributed by atoms with E-state index >= 15 is 0 Å². The van der Waals surface area contributed by atoms with Gasteiger partial charge in [-0.2, -0.15) is 0 Å². The van der Waals surface area contributed by atoms with Crippen LogP contribution in [0.25, 0.3) is 5.69 Å². The van der Waals surface area contributed by atoms with Gasteiger partial charge < -0.3 is 9.64 Å². The topological polar surface area (TPSA) is 60.3 Å². The minimum atomic E-state index is -0.329. The first-order valence-corrected chi connectivity index (χ1v) is 12.0. The van der Waals surface area contributed by atoms with Crippen LogP contribution >= 0.6 is 11.8 Å². The van der Waals surface area contributed by atoms with Crippen LogP contribution in [0.3, 0.4) is 0 Å². The van der Waals surface area contributed by atoms with Crippen LogP contribution in [0.2, 0.25) is 0 Å². The maximum absolute atomic E-state index is 14.0. The number of halogens is 1. The number of fused-ring (bicyclic) bond motifs is 1. The van der Waals surface area contributed by atoms with Crippen molar-refractivity contribution in [3.63, 3.8) is 0 Å². The molecule has 166 valence electrons. The molecule has 1 aliphatic heterocycles. The van der Waals surface area contributed by atoms with E-state index in [0.29, 0.717) is 43.1 Å². The molecule has 32 heavy (non-hydrogen) atoms. The molecule has 8 heteroatoms. The zero-order valence-corrected chi connectivity index (χ0v) is 18.6. The number of carbonyl (C=O) groups excluding carboxylic acids is 1. The quantitative estimate of drug-likeness (QED) is 0.415. The molecule has 6 nitrogen and oxygen atoms in total. The van der Waals surface area contributed by atoms with Crippen LogP contribution in [0, 0.1) is 5.82 Å². The van der Waals surface area contributed by atoms with E-state index in [0.717, 1.165) is 18.4 Å². The summed E-state index contributed by atoms with van der Waals surface area (Å²) in [4.78, 5) is 15.0. The third kappa shape index (κ3) is 4.42. The molecule has 1 aromatic heterocycles. The minimum absolute atomic E-state index is 0.0603. The third-order valence-corrected chi connectivity index (χ3v) is 6.91. The average molecular weight is 453 g/mol. The predicted molar refractivity (Wildman–Crippen MR) is 122 cm³/mol. The Balaban J connectivity index is 1.39. The van der Waals surface area contributed by atoms with Gasteiger partial charge in [0.1, 0.15) is 5.82 Å². The van der Waals surface area contributed by atoms with Gasteiger partial charge in [-0.3, -0.25) is 9.36 Å². The number of morpholine rings is 1. The molecule has 0 unspecified atom stereocenters. The van der Waals surface area contributed by atoms with Gasteiger partial charge >= 0.3 is 0 Å². The molecule has 1 fully saturated rings. The molecule has 5 rings (SSSR count). The molecule has 0 amide bonds. The number of hydrogen-bond donors (Lipinski definition) is 0. The smallest absolute Gasteiger partial charge is 0.232 e. The zero-order valence-electron chi connectivity index (χ0n) is 17.8. The number of anilines is 1. The molecule has 0 saturated carbocycles. The first-order chi connectivity index (χ1) is 15.7. The summed E-state index contributed by atoms with van der Waals surface area (Å²) in [6.45, 7) is 2.59. The predicted octanol–water partition coefficient (Wildman–Crippen LogP) is 4.10. The summed E-state index contributed by atoms with van der Waals surface area (Å²) < 4.78 is 21.3. The Labute approximate surface area is 190 Å². The highest BCUT2D eigenvalue weighted by molar-refractivity contribution is 7.99. The van der Waals surface area contributed by atoms with Crippen molar-refractivity contribution in [2.45, 2.75) is 30.8 Å². The van der Waals surface area contributed by atoms with E-state index in [9.17, 15) is 9.18 Å². The first-order valence-electron chi connectivity index (χ1n) is 11.0. The van der Waals surface area contributed by atoms with Crippen LogP contribution in [0.15, 0.2) is 47.6 Å². The minimum Gasteiger partial charge on any atom is -0.378 e. The molecule has 0 bridgehead atoms. The van der Waals surface area contributed by atoms with Gasteiger partial charge in [0, 0.05) is 18.7 Å². The number of benzene rings is 2. The number of thioether (sulfide) groups is 1. The average Bonchev–Trinajstić information content (AvgIpc) is 3.27. The Kier molecular flexibility index (Phi) is 6.23. The Hall–Kier alpha value is -2.71. The maximum Gasteiger partial charge on any atom is 0.232 e. The van der Waals surface area contributed by atoms with Gasteiger partial charge in [-0.15, -0.1) is 10.2 Å². The highest BCUT2D eigenvalue weighted by Gasteiger charge is 2.23. The van der Waals surface area contributed by atoms with E-state index in [1.54, 1.807) is 6.07 Å². The lowest BCUT2D eigenvalue weighted by Gasteiger charge is -2.27. The SMILES string of the molecule is O=C(CSc1nnc(N2CCOCC2)n1-c1cccc(F)c1)c1ccc2c(c1)CCCC2. The summed E-state index contributed by atoms with van der Waals surface area (Å²) in [5.41, 5.74) is 4.04. The Morgan fingerprint density at radius 2 is 1.84 bits per heavy atom. The maximum atomic E-state index is 14.0. The molecule has 0 radical (unpaired) electrons. The van der Waals surface area contributed by atoms with Gasteiger partial charge in [0.05, 0.1) is 24.7 Å². The number of hydrogen-bond acceptors (Lipinski definition) is 6. The van der Waals surface area contributed by atoms with Crippen molar-refractivity contribution in [2.24, 2.45) is 0 Å². The summed E-state index contributed by atoms with van der Waals surface area (Å²) in [5, 5.41) is 9.31. The molecule has 3 aromatic rings. The highest BCUT2D eigenvalue weighted by Crippen LogP contribution is 2.29. The summed E-state index contributed by atoms with van der Waals surface area (Å²) in [7, 11) is 0. The van der Waals surface area contributed by atoms with E-state index in [1.807, 2.05) is 22.8 Å². The number of aryl methyl sites for hydroxylation is 2. The summed E-state index contributed by atoms with van der Waals surface area (Å²) in [5.74, 6) is 0.618. The Bertz CT molecular complexity index is 1130. The van der Waals surface area contributed by atoms with Crippen molar-refractivity contribution in [2.75, 3.05) is 37.0 Å². The fraction of sp³-hybridized carbons (Fsp3) is 0.375. The van der Waals surface area contributed by atoms with Crippen LogP contribution in [-0.4, -0.2) is 52.6 Å². The van der Waals surface area contributed by atoms with Gasteiger partial charge in [-0.05, 0) is 61.1 Å². The Morgan fingerprint density at radius 3 is 2.66 bits per heavy atom. The second-order valence-corrected chi connectivity index (χ2v) is 9.04. The second-order valence-electron chi connectivity index (χ2n) is 8.10. The summed E-state index contributed by atoms with van der Waals surface area (Å²) in [6.07, 6.45) is 4.54. The fourth-order valence-corrected chi connectivity index (χ4v) is 5.13. The van der Waals surface area contributed by atoms with E-state index < -0.39 is 0 Å². The number of carbonyl (C=O) groups is 1. The van der Waals surface area contributed by atoms with Crippen molar-refractivity contribution >= 4 is 23.5 Å². The van der Waals surface area contributed by atoms with E-state index in [4.69, 9.17) is 4.74 Å². The molecule has 1 saturated heterocycles. The van der Waals surface area contributed by atoms with Gasteiger partial charge in [0.2, 0.25) is 5.95 Å². The second kappa shape index (κ2) is 9.42. The normalized spacial score (nSPS) is 16.1. The molecule has 0 spiro atoms. The number of nitrogens with zero attached hydrogens (tertiary/aromatic N) is 4. The van der Waals surface area contributed by atoms with Crippen LogP contribution in [-0.2, 0) is 17.6 Å². The molecule has 2 heterocycles. The standard InChI is InChI=1S/C24H25FN4O2S/c25-20-6-3-7-21(15-20)29-23(28-10-12-31-13-11-28)26-27-24(29)32-16-22(30)19-9-8-17-4-1-2-5-18(17)14-19/h3,6-9,14-15H,1-2,4-5,10-13,16H2. The van der Waals surface area contributed by atoms with Crippen LogP contribution < -0.4 is 4.90 Å². The molecule has 0 N–H and O–H groups in total. The molecule has 2 aromatic carbocycles. The number of aromatic nitrogens is 3. The van der Waals surface area contributed by atoms with Gasteiger partial charge in [0.25, 0.3) is 0 Å². The summed E-state index contributed by atoms with van der Waals surface area (Å²) >= 11 is 1.33. The zero-order chi connectivity index (χ0) is 21.9. The first kappa shape index (κ1) is 21.2. The third-order valence-electron chi connectivity index (χ3n) is 5.98. The van der Waals surface area contributed by atoms with Crippen LogP contribution in [0.4, 0.5) is 10.3 Å². The molecular formula is C24H25FN4O2S. The largest absolute Gasteiger partial charge is 0.378 e. The van der Waals surface area contributed by atoms with Crippen molar-refractivity contribution in [1.82, 2.24) is 14.8 Å². The van der Waals surface area contributed by atoms with E-state index in [-0.39, 0.29) is 17.4 Å². The highest BCUT2D eigenvalue weighted by atomic mass is 32.2. The molecule has 1 aliphatic carbocycles. The number of ketones is 1. The fourth-order valence-electron chi connectivity index (χ4n) is 4.29. The number of ether oxygens (including phenoxy) is 1.